The van der Waals surface area contributed by atoms with Crippen LogP contribution in [-0.4, -0.2) is 42.0 Å². The van der Waals surface area contributed by atoms with Gasteiger partial charge in [-0.25, -0.2) is 0 Å². The van der Waals surface area contributed by atoms with Crippen molar-refractivity contribution >= 4 is 5.91 Å². The van der Waals surface area contributed by atoms with Crippen LogP contribution in [0, 0.1) is 11.3 Å². The van der Waals surface area contributed by atoms with Crippen molar-refractivity contribution in [2.45, 2.75) is 59.5 Å². The van der Waals surface area contributed by atoms with Crippen molar-refractivity contribution in [3.05, 3.63) is 0 Å². The van der Waals surface area contributed by atoms with Crippen LogP contribution in [0.3, 0.4) is 0 Å². The molecule has 0 bridgehead atoms. The zero-order valence-corrected chi connectivity index (χ0v) is 13.4. The van der Waals surface area contributed by atoms with E-state index in [0.29, 0.717) is 17.9 Å². The van der Waals surface area contributed by atoms with Crippen LogP contribution < -0.4 is 11.1 Å². The van der Waals surface area contributed by atoms with Gasteiger partial charge in [-0.15, -0.1) is 0 Å². The molecule has 19 heavy (non-hydrogen) atoms. The molecule has 1 fully saturated rings. The molecular weight excluding hydrogens is 238 g/mol. The van der Waals surface area contributed by atoms with Gasteiger partial charge in [-0.05, 0) is 45.1 Å². The van der Waals surface area contributed by atoms with Crippen LogP contribution in [0.1, 0.15) is 48.0 Å². The predicted molar refractivity (Wildman–Crippen MR) is 79.9 cm³/mol. The van der Waals surface area contributed by atoms with Gasteiger partial charge in [-0.2, -0.15) is 0 Å². The second-order valence-corrected chi connectivity index (χ2v) is 7.58. The first-order chi connectivity index (χ1) is 8.54. The molecule has 1 rings (SSSR count). The number of nitrogens with two attached hydrogens (primary N) is 1. The summed E-state index contributed by atoms with van der Waals surface area (Å²) in [5, 5.41) is 3.32. The lowest BCUT2D eigenvalue weighted by Crippen LogP contribution is -2.61. The number of nitrogens with one attached hydrogen (secondary N) is 1. The number of rotatable bonds is 5. The number of hydrogen-bond acceptors (Lipinski definition) is 3. The van der Waals surface area contributed by atoms with Gasteiger partial charge in [0.15, 0.2) is 0 Å². The molecule has 0 radical (unpaired) electrons. The van der Waals surface area contributed by atoms with E-state index in [0.717, 1.165) is 13.1 Å². The molecule has 1 aliphatic rings. The minimum absolute atomic E-state index is 0.249. The van der Waals surface area contributed by atoms with Gasteiger partial charge in [0.05, 0.1) is 0 Å². The topological polar surface area (TPSA) is 58.4 Å². The Hall–Kier alpha value is -0.610. The monoisotopic (exact) mass is 269 g/mol. The fourth-order valence-electron chi connectivity index (χ4n) is 2.96. The summed E-state index contributed by atoms with van der Waals surface area (Å²) in [6.07, 6.45) is 1.21. The minimum atomic E-state index is -0.638. The average molecular weight is 269 g/mol. The molecule has 0 saturated carbocycles. The van der Waals surface area contributed by atoms with Crippen molar-refractivity contribution in [2.75, 3.05) is 19.6 Å². The van der Waals surface area contributed by atoms with Crippen LogP contribution in [0.5, 0.6) is 0 Å². The molecule has 1 heterocycles. The predicted octanol–water partition coefficient (Wildman–Crippen LogP) is 1.60. The van der Waals surface area contributed by atoms with Crippen LogP contribution in [0.2, 0.25) is 0 Å². The Morgan fingerprint density at radius 2 is 1.95 bits per heavy atom. The van der Waals surface area contributed by atoms with Gasteiger partial charge in [0, 0.05) is 19.1 Å². The number of hydrogen-bond donors (Lipinski definition) is 2. The fraction of sp³-hybridized carbons (Fsp3) is 0.933. The quantitative estimate of drug-likeness (QED) is 0.797. The standard InChI is InChI=1S/C15H31N3O/c1-11(2)17-15(6,13(16)19)10-18-8-7-12(9-18)14(3,4)5/h11-12,17H,7-10H2,1-6H3,(H2,16,19). The molecule has 4 nitrogen and oxygen atoms in total. The molecule has 1 aliphatic heterocycles. The Morgan fingerprint density at radius 3 is 2.32 bits per heavy atom. The lowest BCUT2D eigenvalue weighted by Gasteiger charge is -2.34. The van der Waals surface area contributed by atoms with Crippen molar-refractivity contribution in [3.8, 4) is 0 Å². The fourth-order valence-corrected chi connectivity index (χ4v) is 2.96. The van der Waals surface area contributed by atoms with E-state index in [4.69, 9.17) is 5.73 Å². The average Bonchev–Trinajstić information content (AvgIpc) is 2.63. The van der Waals surface area contributed by atoms with Crippen LogP contribution in [-0.2, 0) is 4.79 Å². The zero-order chi connectivity index (χ0) is 14.8. The first-order valence-electron chi connectivity index (χ1n) is 7.34. The Kier molecular flexibility index (Phi) is 5.02. The SMILES string of the molecule is CC(C)NC(C)(CN1CCC(C(C)(C)C)C1)C(N)=O. The second-order valence-electron chi connectivity index (χ2n) is 7.58. The van der Waals surface area contributed by atoms with Gasteiger partial charge in [-0.3, -0.25) is 4.79 Å². The summed E-state index contributed by atoms with van der Waals surface area (Å²) < 4.78 is 0. The Bertz CT molecular complexity index is 322. The zero-order valence-electron chi connectivity index (χ0n) is 13.4. The third-order valence-electron chi connectivity index (χ3n) is 4.19. The molecule has 0 aromatic heterocycles. The largest absolute Gasteiger partial charge is 0.368 e. The highest BCUT2D eigenvalue weighted by atomic mass is 16.1. The third-order valence-corrected chi connectivity index (χ3v) is 4.19. The van der Waals surface area contributed by atoms with Crippen LogP contribution in [0.25, 0.3) is 0 Å². The molecule has 0 spiro atoms. The van der Waals surface area contributed by atoms with Crippen molar-refractivity contribution in [2.24, 2.45) is 17.1 Å². The molecule has 3 N–H and O–H groups in total. The third kappa shape index (κ3) is 4.46. The highest BCUT2D eigenvalue weighted by Crippen LogP contribution is 2.33. The number of carbonyl (C=O) groups excluding carboxylic acids is 1. The Labute approximate surface area is 118 Å². The van der Waals surface area contributed by atoms with Crippen LogP contribution in [0.4, 0.5) is 0 Å². The van der Waals surface area contributed by atoms with Crippen molar-refractivity contribution in [3.63, 3.8) is 0 Å². The number of nitrogens with zero attached hydrogens (tertiary/aromatic N) is 1. The van der Waals surface area contributed by atoms with Gasteiger partial charge < -0.3 is 16.0 Å². The summed E-state index contributed by atoms with van der Waals surface area (Å²) in [6, 6.07) is 0.249. The molecule has 1 saturated heterocycles. The second kappa shape index (κ2) is 5.80. The molecule has 1 amide bonds. The Morgan fingerprint density at radius 1 is 1.37 bits per heavy atom. The first kappa shape index (κ1) is 16.4. The minimum Gasteiger partial charge on any atom is -0.368 e. The van der Waals surface area contributed by atoms with E-state index in [1.165, 1.54) is 6.42 Å². The van der Waals surface area contributed by atoms with E-state index in [-0.39, 0.29) is 11.9 Å². The number of carbonyl (C=O) groups is 1. The van der Waals surface area contributed by atoms with E-state index >= 15 is 0 Å². The van der Waals surface area contributed by atoms with Crippen molar-refractivity contribution in [1.82, 2.24) is 10.2 Å². The van der Waals surface area contributed by atoms with Gasteiger partial charge in [0.2, 0.25) is 5.91 Å². The molecule has 4 heteroatoms. The molecular formula is C15H31N3O. The van der Waals surface area contributed by atoms with Gasteiger partial charge in [0.25, 0.3) is 0 Å². The van der Waals surface area contributed by atoms with Crippen molar-refractivity contribution < 1.29 is 4.79 Å². The van der Waals surface area contributed by atoms with E-state index in [1.807, 2.05) is 20.8 Å². The first-order valence-corrected chi connectivity index (χ1v) is 7.34. The molecule has 0 aliphatic carbocycles. The van der Waals surface area contributed by atoms with E-state index in [2.05, 4.69) is 31.0 Å². The summed E-state index contributed by atoms with van der Waals surface area (Å²) >= 11 is 0. The Balaban J connectivity index is 2.65. The van der Waals surface area contributed by atoms with Gasteiger partial charge >= 0.3 is 0 Å². The summed E-state index contributed by atoms with van der Waals surface area (Å²) in [6.45, 7) is 15.7. The van der Waals surface area contributed by atoms with Gasteiger partial charge in [0.1, 0.15) is 5.54 Å². The summed E-state index contributed by atoms with van der Waals surface area (Å²) in [4.78, 5) is 14.1. The molecule has 2 unspecified atom stereocenters. The molecule has 0 aromatic carbocycles. The van der Waals surface area contributed by atoms with Crippen LogP contribution >= 0.6 is 0 Å². The van der Waals surface area contributed by atoms with E-state index in [1.54, 1.807) is 0 Å². The van der Waals surface area contributed by atoms with E-state index in [9.17, 15) is 4.79 Å². The summed E-state index contributed by atoms with van der Waals surface area (Å²) in [7, 11) is 0. The van der Waals surface area contributed by atoms with Crippen molar-refractivity contribution in [1.29, 1.82) is 0 Å². The highest BCUT2D eigenvalue weighted by Gasteiger charge is 2.38. The number of primary amides is 1. The number of likely N-dealkylation sites (tertiary alicyclic amines) is 1. The van der Waals surface area contributed by atoms with Gasteiger partial charge in [-0.1, -0.05) is 20.8 Å². The molecule has 2 atom stereocenters. The normalized spacial score (nSPS) is 24.7. The maximum absolute atomic E-state index is 11.8. The number of amides is 1. The van der Waals surface area contributed by atoms with Crippen LogP contribution in [0.15, 0.2) is 0 Å². The summed E-state index contributed by atoms with van der Waals surface area (Å²) in [5.41, 5.74) is 5.29. The van der Waals surface area contributed by atoms with E-state index < -0.39 is 5.54 Å². The molecule has 112 valence electrons. The smallest absolute Gasteiger partial charge is 0.238 e. The molecule has 0 aromatic rings. The lowest BCUT2D eigenvalue weighted by atomic mass is 9.80. The summed E-state index contributed by atoms with van der Waals surface area (Å²) in [5.74, 6) is 0.434. The highest BCUT2D eigenvalue weighted by molar-refractivity contribution is 5.84. The lowest BCUT2D eigenvalue weighted by molar-refractivity contribution is -0.124. The maximum Gasteiger partial charge on any atom is 0.238 e. The maximum atomic E-state index is 11.8.